The van der Waals surface area contributed by atoms with Gasteiger partial charge < -0.3 is 9.15 Å². The summed E-state index contributed by atoms with van der Waals surface area (Å²) in [5.74, 6) is 2.51. The van der Waals surface area contributed by atoms with Gasteiger partial charge in [-0.25, -0.2) is 4.98 Å². The second-order valence-corrected chi connectivity index (χ2v) is 6.79. The highest BCUT2D eigenvalue weighted by Crippen LogP contribution is 2.32. The summed E-state index contributed by atoms with van der Waals surface area (Å²) in [4.78, 5) is 7.05. The number of aromatic nitrogens is 1. The highest BCUT2D eigenvalue weighted by molar-refractivity contribution is 5.63. The van der Waals surface area contributed by atoms with Crippen LogP contribution in [0, 0.1) is 38.0 Å². The molecule has 1 aromatic heterocycles. The van der Waals surface area contributed by atoms with E-state index in [-0.39, 0.29) is 5.92 Å². The lowest BCUT2D eigenvalue weighted by atomic mass is 9.99. The number of ether oxygens (including phenoxy) is 1. The molecule has 1 saturated heterocycles. The van der Waals surface area contributed by atoms with Crippen molar-refractivity contribution in [1.29, 1.82) is 5.26 Å². The van der Waals surface area contributed by atoms with E-state index in [9.17, 15) is 0 Å². The molecule has 0 N–H and O–H groups in total. The Bertz CT molecular complexity index is 804. The topological polar surface area (TPSA) is 62.3 Å². The van der Waals surface area contributed by atoms with Crippen LogP contribution in [0.4, 0.5) is 0 Å². The van der Waals surface area contributed by atoms with Gasteiger partial charge in [0.05, 0.1) is 24.8 Å². The van der Waals surface area contributed by atoms with Gasteiger partial charge in [-0.15, -0.1) is 0 Å². The van der Waals surface area contributed by atoms with Crippen LogP contribution in [0.15, 0.2) is 16.5 Å². The standard InChI is InChI=1S/C20H25N3O2/c1-13-14(2)19(24-4)8-7-17(13)20-22-18(15(3)25-20)12-23-9-5-6-16(10-21)11-23/h7-8,16H,5-6,9,11-12H2,1-4H3. The van der Waals surface area contributed by atoms with Gasteiger partial charge in [0, 0.05) is 18.7 Å². The van der Waals surface area contributed by atoms with Crippen molar-refractivity contribution in [2.45, 2.75) is 40.2 Å². The first-order chi connectivity index (χ1) is 12.0. The van der Waals surface area contributed by atoms with E-state index in [0.29, 0.717) is 5.89 Å². The van der Waals surface area contributed by atoms with Crippen molar-refractivity contribution in [3.05, 3.63) is 34.7 Å². The number of hydrogen-bond donors (Lipinski definition) is 0. The molecule has 5 nitrogen and oxygen atoms in total. The summed E-state index contributed by atoms with van der Waals surface area (Å²) < 4.78 is 11.3. The van der Waals surface area contributed by atoms with Gasteiger partial charge in [0.2, 0.25) is 5.89 Å². The highest BCUT2D eigenvalue weighted by Gasteiger charge is 2.22. The van der Waals surface area contributed by atoms with E-state index < -0.39 is 0 Å². The van der Waals surface area contributed by atoms with Crippen molar-refractivity contribution in [3.63, 3.8) is 0 Å². The summed E-state index contributed by atoms with van der Waals surface area (Å²) in [5, 5.41) is 9.16. The van der Waals surface area contributed by atoms with Crippen LogP contribution in [0.25, 0.3) is 11.5 Å². The summed E-state index contributed by atoms with van der Waals surface area (Å²) in [6.45, 7) is 8.64. The van der Waals surface area contributed by atoms with Crippen LogP contribution in [-0.2, 0) is 6.54 Å². The van der Waals surface area contributed by atoms with E-state index in [4.69, 9.17) is 19.4 Å². The highest BCUT2D eigenvalue weighted by atomic mass is 16.5. The van der Waals surface area contributed by atoms with Gasteiger partial charge >= 0.3 is 0 Å². The number of methoxy groups -OCH3 is 1. The molecule has 1 aliphatic heterocycles. The van der Waals surface area contributed by atoms with Gasteiger partial charge in [-0.3, -0.25) is 4.90 Å². The Morgan fingerprint density at radius 2 is 2.12 bits per heavy atom. The number of nitrogens with zero attached hydrogens (tertiary/aromatic N) is 3. The maximum absolute atomic E-state index is 9.16. The first-order valence-corrected chi connectivity index (χ1v) is 8.76. The van der Waals surface area contributed by atoms with Crippen LogP contribution in [0.2, 0.25) is 0 Å². The van der Waals surface area contributed by atoms with Crippen molar-refractivity contribution in [3.8, 4) is 23.3 Å². The molecule has 2 heterocycles. The fourth-order valence-corrected chi connectivity index (χ4v) is 3.45. The lowest BCUT2D eigenvalue weighted by Crippen LogP contribution is -2.34. The molecule has 0 saturated carbocycles. The van der Waals surface area contributed by atoms with Crippen LogP contribution in [-0.4, -0.2) is 30.1 Å². The number of likely N-dealkylation sites (tertiary alicyclic amines) is 1. The molecular formula is C20H25N3O2. The summed E-state index contributed by atoms with van der Waals surface area (Å²) in [6.07, 6.45) is 2.07. The number of nitriles is 1. The molecule has 132 valence electrons. The molecule has 1 unspecified atom stereocenters. The predicted octanol–water partition coefficient (Wildman–Crippen LogP) is 4.01. The summed E-state index contributed by atoms with van der Waals surface area (Å²) in [6, 6.07) is 6.35. The second-order valence-electron chi connectivity index (χ2n) is 6.79. The Labute approximate surface area is 149 Å². The normalized spacial score (nSPS) is 18.1. The van der Waals surface area contributed by atoms with Crippen molar-refractivity contribution in [1.82, 2.24) is 9.88 Å². The number of aryl methyl sites for hydroxylation is 1. The summed E-state index contributed by atoms with van der Waals surface area (Å²) in [7, 11) is 1.68. The molecule has 2 aromatic rings. The van der Waals surface area contributed by atoms with E-state index in [0.717, 1.165) is 66.4 Å². The lowest BCUT2D eigenvalue weighted by Gasteiger charge is -2.28. The number of rotatable bonds is 4. The van der Waals surface area contributed by atoms with Gasteiger partial charge in [-0.2, -0.15) is 5.26 Å². The third-order valence-corrected chi connectivity index (χ3v) is 5.14. The average molecular weight is 339 g/mol. The summed E-state index contributed by atoms with van der Waals surface area (Å²) in [5.41, 5.74) is 4.18. The Morgan fingerprint density at radius 3 is 2.84 bits per heavy atom. The fourth-order valence-electron chi connectivity index (χ4n) is 3.45. The van der Waals surface area contributed by atoms with Crippen LogP contribution in [0.3, 0.4) is 0 Å². The van der Waals surface area contributed by atoms with Gasteiger partial charge in [-0.05, 0) is 63.4 Å². The minimum absolute atomic E-state index is 0.131. The SMILES string of the molecule is COc1ccc(-c2nc(CN3CCCC(C#N)C3)c(C)o2)c(C)c1C. The molecule has 5 heteroatoms. The Morgan fingerprint density at radius 1 is 1.32 bits per heavy atom. The molecule has 0 amide bonds. The fraction of sp³-hybridized carbons (Fsp3) is 0.500. The van der Waals surface area contributed by atoms with Crippen LogP contribution in [0.5, 0.6) is 5.75 Å². The Hall–Kier alpha value is -2.32. The molecule has 0 spiro atoms. The van der Waals surface area contributed by atoms with Gasteiger partial charge in [-0.1, -0.05) is 0 Å². The zero-order valence-electron chi connectivity index (χ0n) is 15.4. The third-order valence-electron chi connectivity index (χ3n) is 5.14. The van der Waals surface area contributed by atoms with E-state index in [1.54, 1.807) is 7.11 Å². The van der Waals surface area contributed by atoms with Gasteiger partial charge in [0.25, 0.3) is 0 Å². The van der Waals surface area contributed by atoms with Gasteiger partial charge in [0.1, 0.15) is 11.5 Å². The van der Waals surface area contributed by atoms with Crippen molar-refractivity contribution < 1.29 is 9.15 Å². The summed E-state index contributed by atoms with van der Waals surface area (Å²) >= 11 is 0. The Balaban J connectivity index is 1.83. The van der Waals surface area contributed by atoms with E-state index in [1.165, 1.54) is 0 Å². The number of benzene rings is 1. The maximum atomic E-state index is 9.16. The van der Waals surface area contributed by atoms with Crippen molar-refractivity contribution in [2.75, 3.05) is 20.2 Å². The zero-order valence-corrected chi connectivity index (χ0v) is 15.4. The van der Waals surface area contributed by atoms with E-state index in [1.807, 2.05) is 26.0 Å². The minimum Gasteiger partial charge on any atom is -0.496 e. The zero-order chi connectivity index (χ0) is 18.0. The molecule has 3 rings (SSSR count). The first kappa shape index (κ1) is 17.5. The molecular weight excluding hydrogens is 314 g/mol. The minimum atomic E-state index is 0.131. The first-order valence-electron chi connectivity index (χ1n) is 8.76. The predicted molar refractivity (Wildman–Crippen MR) is 96.3 cm³/mol. The van der Waals surface area contributed by atoms with E-state index >= 15 is 0 Å². The maximum Gasteiger partial charge on any atom is 0.226 e. The van der Waals surface area contributed by atoms with Crippen molar-refractivity contribution in [2.24, 2.45) is 5.92 Å². The van der Waals surface area contributed by atoms with E-state index in [2.05, 4.69) is 17.9 Å². The average Bonchev–Trinajstić information content (AvgIpc) is 2.97. The molecule has 1 fully saturated rings. The van der Waals surface area contributed by atoms with Crippen LogP contribution in [0.1, 0.15) is 35.4 Å². The van der Waals surface area contributed by atoms with Crippen LogP contribution < -0.4 is 4.74 Å². The molecule has 1 aromatic carbocycles. The molecule has 1 atom stereocenters. The Kier molecular flexibility index (Phi) is 5.10. The largest absolute Gasteiger partial charge is 0.496 e. The molecule has 0 aliphatic carbocycles. The third kappa shape index (κ3) is 3.54. The smallest absolute Gasteiger partial charge is 0.226 e. The molecule has 1 aliphatic rings. The molecule has 0 radical (unpaired) electrons. The van der Waals surface area contributed by atoms with Crippen molar-refractivity contribution >= 4 is 0 Å². The number of hydrogen-bond acceptors (Lipinski definition) is 5. The second kappa shape index (κ2) is 7.28. The quantitative estimate of drug-likeness (QED) is 0.842. The number of oxazole rings is 1. The number of piperidine rings is 1. The monoisotopic (exact) mass is 339 g/mol. The molecule has 0 bridgehead atoms. The van der Waals surface area contributed by atoms with Gasteiger partial charge in [0.15, 0.2) is 0 Å². The van der Waals surface area contributed by atoms with Crippen LogP contribution >= 0.6 is 0 Å². The molecule has 25 heavy (non-hydrogen) atoms. The lowest BCUT2D eigenvalue weighted by molar-refractivity contribution is 0.189.